The van der Waals surface area contributed by atoms with Gasteiger partial charge in [-0.3, -0.25) is 4.90 Å². The van der Waals surface area contributed by atoms with Gasteiger partial charge in [-0.1, -0.05) is 27.2 Å². The van der Waals surface area contributed by atoms with Crippen LogP contribution < -0.4 is 5.32 Å². The minimum atomic E-state index is 0.572. The first kappa shape index (κ1) is 12.4. The summed E-state index contributed by atoms with van der Waals surface area (Å²) in [5, 5.41) is 3.57. The van der Waals surface area contributed by atoms with Crippen molar-refractivity contribution < 1.29 is 0 Å². The topological polar surface area (TPSA) is 15.3 Å². The molecule has 94 valence electrons. The fraction of sp³-hybridized carbons (Fsp3) is 1.00. The van der Waals surface area contributed by atoms with Crippen LogP contribution in [-0.2, 0) is 0 Å². The summed E-state index contributed by atoms with van der Waals surface area (Å²) >= 11 is 0. The van der Waals surface area contributed by atoms with E-state index in [-0.39, 0.29) is 0 Å². The van der Waals surface area contributed by atoms with Crippen molar-refractivity contribution in [2.75, 3.05) is 26.2 Å². The number of likely N-dealkylation sites (tertiary alicyclic amines) is 1. The molecule has 0 aliphatic carbocycles. The molecule has 2 rings (SSSR count). The molecule has 0 aromatic carbocycles. The minimum Gasteiger partial charge on any atom is -0.315 e. The lowest BCUT2D eigenvalue weighted by molar-refractivity contribution is 0.169. The van der Waals surface area contributed by atoms with Crippen LogP contribution in [-0.4, -0.2) is 37.1 Å². The van der Waals surface area contributed by atoms with E-state index in [1.807, 2.05) is 0 Å². The highest BCUT2D eigenvalue weighted by Crippen LogP contribution is 2.32. The zero-order valence-electron chi connectivity index (χ0n) is 11.3. The lowest BCUT2D eigenvalue weighted by atomic mass is 9.85. The van der Waals surface area contributed by atoms with Gasteiger partial charge in [0.2, 0.25) is 0 Å². The highest BCUT2D eigenvalue weighted by atomic mass is 15.2. The molecule has 2 heterocycles. The molecular weight excluding hydrogens is 196 g/mol. The Morgan fingerprint density at radius 3 is 2.75 bits per heavy atom. The smallest absolute Gasteiger partial charge is 0.0260 e. The van der Waals surface area contributed by atoms with Gasteiger partial charge in [-0.05, 0) is 50.2 Å². The summed E-state index contributed by atoms with van der Waals surface area (Å²) in [4.78, 5) is 2.77. The SMILES string of the molecule is CCC1CNCC1N1CCCC(C)(C)CC1. The van der Waals surface area contributed by atoms with Gasteiger partial charge in [0, 0.05) is 12.6 Å². The van der Waals surface area contributed by atoms with Gasteiger partial charge in [-0.25, -0.2) is 0 Å². The van der Waals surface area contributed by atoms with Crippen LogP contribution in [0, 0.1) is 11.3 Å². The lowest BCUT2D eigenvalue weighted by Gasteiger charge is -2.31. The van der Waals surface area contributed by atoms with Crippen LogP contribution >= 0.6 is 0 Å². The summed E-state index contributed by atoms with van der Waals surface area (Å²) < 4.78 is 0. The Labute approximate surface area is 101 Å². The molecule has 0 aromatic heterocycles. The summed E-state index contributed by atoms with van der Waals surface area (Å²) in [5.41, 5.74) is 0.572. The maximum absolute atomic E-state index is 3.57. The molecule has 0 aromatic rings. The first-order valence-electron chi connectivity index (χ1n) is 7.07. The Morgan fingerprint density at radius 2 is 2.00 bits per heavy atom. The van der Waals surface area contributed by atoms with Crippen LogP contribution in [0.2, 0.25) is 0 Å². The third-order valence-electron chi connectivity index (χ3n) is 4.67. The van der Waals surface area contributed by atoms with Crippen molar-refractivity contribution in [2.24, 2.45) is 11.3 Å². The highest BCUT2D eigenvalue weighted by Gasteiger charge is 2.33. The largest absolute Gasteiger partial charge is 0.315 e. The predicted octanol–water partition coefficient (Wildman–Crippen LogP) is 2.50. The molecule has 2 heteroatoms. The third kappa shape index (κ3) is 2.78. The number of nitrogens with zero attached hydrogens (tertiary/aromatic N) is 1. The van der Waals surface area contributed by atoms with Crippen LogP contribution in [0.15, 0.2) is 0 Å². The van der Waals surface area contributed by atoms with Gasteiger partial charge in [0.05, 0.1) is 0 Å². The summed E-state index contributed by atoms with van der Waals surface area (Å²) in [5.74, 6) is 0.890. The molecule has 0 spiro atoms. The Hall–Kier alpha value is -0.0800. The van der Waals surface area contributed by atoms with Gasteiger partial charge in [-0.2, -0.15) is 0 Å². The van der Waals surface area contributed by atoms with Crippen molar-refractivity contribution in [3.05, 3.63) is 0 Å². The van der Waals surface area contributed by atoms with Gasteiger partial charge < -0.3 is 5.32 Å². The molecular formula is C14H28N2. The van der Waals surface area contributed by atoms with E-state index in [1.165, 1.54) is 51.9 Å². The predicted molar refractivity (Wildman–Crippen MR) is 69.6 cm³/mol. The molecule has 2 aliphatic rings. The Balaban J connectivity index is 1.94. The Bertz CT molecular complexity index is 225. The van der Waals surface area contributed by atoms with Crippen LogP contribution in [0.5, 0.6) is 0 Å². The molecule has 0 amide bonds. The fourth-order valence-corrected chi connectivity index (χ4v) is 3.34. The van der Waals surface area contributed by atoms with Crippen molar-refractivity contribution in [1.29, 1.82) is 0 Å². The molecule has 16 heavy (non-hydrogen) atoms. The Morgan fingerprint density at radius 1 is 1.19 bits per heavy atom. The average Bonchev–Trinajstić information content (AvgIpc) is 2.63. The van der Waals surface area contributed by atoms with Crippen molar-refractivity contribution >= 4 is 0 Å². The van der Waals surface area contributed by atoms with E-state index in [0.29, 0.717) is 5.41 Å². The summed E-state index contributed by atoms with van der Waals surface area (Å²) in [7, 11) is 0. The van der Waals surface area contributed by atoms with Crippen LogP contribution in [0.1, 0.15) is 46.5 Å². The first-order valence-corrected chi connectivity index (χ1v) is 7.07. The molecule has 2 aliphatic heterocycles. The van der Waals surface area contributed by atoms with Gasteiger partial charge in [-0.15, -0.1) is 0 Å². The highest BCUT2D eigenvalue weighted by molar-refractivity contribution is 4.90. The van der Waals surface area contributed by atoms with E-state index in [4.69, 9.17) is 0 Å². The van der Waals surface area contributed by atoms with E-state index >= 15 is 0 Å². The molecule has 2 saturated heterocycles. The van der Waals surface area contributed by atoms with Crippen molar-refractivity contribution in [2.45, 2.75) is 52.5 Å². The van der Waals surface area contributed by atoms with E-state index in [2.05, 4.69) is 31.0 Å². The number of hydrogen-bond donors (Lipinski definition) is 1. The summed E-state index contributed by atoms with van der Waals surface area (Å²) in [6.07, 6.45) is 5.50. The average molecular weight is 224 g/mol. The molecule has 2 nitrogen and oxygen atoms in total. The molecule has 2 atom stereocenters. The maximum atomic E-state index is 3.57. The first-order chi connectivity index (χ1) is 7.62. The van der Waals surface area contributed by atoms with E-state index in [9.17, 15) is 0 Å². The van der Waals surface area contributed by atoms with E-state index in [0.717, 1.165) is 12.0 Å². The van der Waals surface area contributed by atoms with Gasteiger partial charge in [0.1, 0.15) is 0 Å². The minimum absolute atomic E-state index is 0.572. The molecule has 0 saturated carbocycles. The van der Waals surface area contributed by atoms with E-state index in [1.54, 1.807) is 0 Å². The monoisotopic (exact) mass is 224 g/mol. The zero-order chi connectivity index (χ0) is 11.6. The third-order valence-corrected chi connectivity index (χ3v) is 4.67. The Kier molecular flexibility index (Phi) is 3.91. The standard InChI is InChI=1S/C14H28N2/c1-4-12-10-15-11-13(12)16-8-5-6-14(2,3)7-9-16/h12-13,15H,4-11H2,1-3H3. The number of rotatable bonds is 2. The summed E-state index contributed by atoms with van der Waals surface area (Å²) in [6, 6.07) is 0.818. The number of hydrogen-bond acceptors (Lipinski definition) is 2. The summed E-state index contributed by atoms with van der Waals surface area (Å²) in [6.45, 7) is 12.3. The molecule has 2 fully saturated rings. The van der Waals surface area contributed by atoms with E-state index < -0.39 is 0 Å². The molecule has 1 N–H and O–H groups in total. The van der Waals surface area contributed by atoms with Crippen molar-refractivity contribution in [3.63, 3.8) is 0 Å². The molecule has 0 radical (unpaired) electrons. The maximum Gasteiger partial charge on any atom is 0.0260 e. The second-order valence-electron chi connectivity index (χ2n) is 6.45. The lowest BCUT2D eigenvalue weighted by Crippen LogP contribution is -2.41. The zero-order valence-corrected chi connectivity index (χ0v) is 11.3. The van der Waals surface area contributed by atoms with Gasteiger partial charge >= 0.3 is 0 Å². The fourth-order valence-electron chi connectivity index (χ4n) is 3.34. The van der Waals surface area contributed by atoms with Crippen LogP contribution in [0.4, 0.5) is 0 Å². The number of nitrogens with one attached hydrogen (secondary N) is 1. The normalized spacial score (nSPS) is 36.2. The van der Waals surface area contributed by atoms with Gasteiger partial charge in [0.25, 0.3) is 0 Å². The van der Waals surface area contributed by atoms with Crippen LogP contribution in [0.25, 0.3) is 0 Å². The van der Waals surface area contributed by atoms with Crippen LogP contribution in [0.3, 0.4) is 0 Å². The van der Waals surface area contributed by atoms with Gasteiger partial charge in [0.15, 0.2) is 0 Å². The second-order valence-corrected chi connectivity index (χ2v) is 6.45. The van der Waals surface area contributed by atoms with Crippen molar-refractivity contribution in [3.8, 4) is 0 Å². The van der Waals surface area contributed by atoms with Crippen molar-refractivity contribution in [1.82, 2.24) is 10.2 Å². The molecule has 2 unspecified atom stereocenters. The second kappa shape index (κ2) is 5.05. The molecule has 0 bridgehead atoms. The quantitative estimate of drug-likeness (QED) is 0.775.